The fraction of sp³-hybridized carbons (Fsp3) is 0.750. The number of alkyl carbamates (subject to hydrolysis) is 1. The molecule has 5 rings (SSSR count). The molecule has 3 aliphatic heterocycles. The summed E-state index contributed by atoms with van der Waals surface area (Å²) in [5, 5.41) is 7.81. The highest BCUT2D eigenvalue weighted by Crippen LogP contribution is 2.43. The number of nitrogens with zero attached hydrogens (tertiary/aromatic N) is 5. The minimum Gasteiger partial charge on any atom is -0.444 e. The van der Waals surface area contributed by atoms with Crippen molar-refractivity contribution in [3.63, 3.8) is 0 Å². The zero-order valence-corrected chi connectivity index (χ0v) is 23.1. The summed E-state index contributed by atoms with van der Waals surface area (Å²) in [6.07, 6.45) is 6.26. The van der Waals surface area contributed by atoms with Gasteiger partial charge < -0.3 is 24.4 Å². The summed E-state index contributed by atoms with van der Waals surface area (Å²) < 4.78 is 20.3. The Labute approximate surface area is 219 Å². The van der Waals surface area contributed by atoms with Crippen molar-refractivity contribution in [2.75, 3.05) is 31.2 Å². The molecule has 35 heavy (non-hydrogen) atoms. The van der Waals surface area contributed by atoms with Crippen molar-refractivity contribution >= 4 is 45.7 Å². The summed E-state index contributed by atoms with van der Waals surface area (Å²) in [7, 11) is 0. The molecule has 0 aliphatic carbocycles. The molecule has 0 aromatic carbocycles. The Balaban J connectivity index is 1.31. The van der Waals surface area contributed by atoms with Gasteiger partial charge >= 0.3 is 6.09 Å². The van der Waals surface area contributed by atoms with Gasteiger partial charge in [0.2, 0.25) is 0 Å². The molecule has 3 aliphatic rings. The van der Waals surface area contributed by atoms with Crippen LogP contribution in [0.5, 0.6) is 0 Å². The molecular weight excluding hydrogens is 563 g/mol. The zero-order chi connectivity index (χ0) is 24.8. The Morgan fingerprint density at radius 2 is 2.03 bits per heavy atom. The van der Waals surface area contributed by atoms with Crippen LogP contribution in [0.3, 0.4) is 0 Å². The maximum absolute atomic E-state index is 12.5. The Hall–Kier alpha value is -1.73. The van der Waals surface area contributed by atoms with Crippen molar-refractivity contribution in [2.45, 2.75) is 83.8 Å². The standard InChI is InChI=1S/C24H35IN6O4/c1-15-19(28-22(32)35-23(2,3)4)24(14-34-15)8-10-30(11-9-24)16-13-26-18-20(25)29-31(21(18)27-16)17-7-5-6-12-33-17/h13,15,17,19H,5-12,14H2,1-4H3,(H,28,32)/t15-,17?,19+/m0/s1. The molecule has 3 atom stereocenters. The number of nitrogens with one attached hydrogen (secondary N) is 1. The van der Waals surface area contributed by atoms with Crippen LogP contribution >= 0.6 is 22.6 Å². The largest absolute Gasteiger partial charge is 0.444 e. The Bertz CT molecular complexity index is 1070. The van der Waals surface area contributed by atoms with Crippen LogP contribution in [0.4, 0.5) is 10.6 Å². The summed E-state index contributed by atoms with van der Waals surface area (Å²) in [5.74, 6) is 0.851. The third kappa shape index (κ3) is 5.08. The maximum atomic E-state index is 12.5. The van der Waals surface area contributed by atoms with Gasteiger partial charge in [-0.05, 0) is 82.4 Å². The van der Waals surface area contributed by atoms with Gasteiger partial charge in [0, 0.05) is 25.1 Å². The molecule has 1 N–H and O–H groups in total. The number of carbonyl (C=O) groups is 1. The first-order valence-corrected chi connectivity index (χ1v) is 13.6. The predicted molar refractivity (Wildman–Crippen MR) is 139 cm³/mol. The van der Waals surface area contributed by atoms with E-state index in [1.54, 1.807) is 0 Å². The molecule has 0 radical (unpaired) electrons. The molecule has 1 unspecified atom stereocenters. The van der Waals surface area contributed by atoms with Gasteiger partial charge in [0.05, 0.1) is 24.9 Å². The maximum Gasteiger partial charge on any atom is 0.407 e. The van der Waals surface area contributed by atoms with E-state index in [0.29, 0.717) is 6.61 Å². The molecule has 3 saturated heterocycles. The van der Waals surface area contributed by atoms with Crippen molar-refractivity contribution < 1.29 is 19.0 Å². The van der Waals surface area contributed by atoms with Crippen molar-refractivity contribution in [1.82, 2.24) is 25.1 Å². The van der Waals surface area contributed by atoms with E-state index in [-0.39, 0.29) is 29.9 Å². The molecule has 1 spiro atoms. The Kier molecular flexibility index (Phi) is 6.86. The molecule has 0 saturated carbocycles. The number of amides is 1. The monoisotopic (exact) mass is 598 g/mol. The normalized spacial score (nSPS) is 26.9. The summed E-state index contributed by atoms with van der Waals surface area (Å²) >= 11 is 2.22. The first-order chi connectivity index (χ1) is 16.7. The van der Waals surface area contributed by atoms with E-state index < -0.39 is 5.60 Å². The summed E-state index contributed by atoms with van der Waals surface area (Å²) in [6.45, 7) is 10.7. The van der Waals surface area contributed by atoms with Crippen molar-refractivity contribution in [2.24, 2.45) is 5.41 Å². The van der Waals surface area contributed by atoms with E-state index >= 15 is 0 Å². The van der Waals surface area contributed by atoms with Crippen molar-refractivity contribution in [3.8, 4) is 0 Å². The lowest BCUT2D eigenvalue weighted by Gasteiger charge is -2.42. The third-order valence-corrected chi connectivity index (χ3v) is 8.02. The van der Waals surface area contributed by atoms with Gasteiger partial charge in [-0.2, -0.15) is 5.10 Å². The number of piperidine rings is 1. The van der Waals surface area contributed by atoms with E-state index in [9.17, 15) is 4.79 Å². The van der Waals surface area contributed by atoms with Crippen molar-refractivity contribution in [3.05, 3.63) is 9.90 Å². The summed E-state index contributed by atoms with van der Waals surface area (Å²) in [6, 6.07) is -0.0838. The molecule has 5 heterocycles. The van der Waals surface area contributed by atoms with Crippen LogP contribution < -0.4 is 10.2 Å². The third-order valence-electron chi connectivity index (χ3n) is 7.30. The molecule has 2 aromatic rings. The highest BCUT2D eigenvalue weighted by atomic mass is 127. The first-order valence-electron chi connectivity index (χ1n) is 12.5. The molecule has 192 valence electrons. The molecule has 3 fully saturated rings. The smallest absolute Gasteiger partial charge is 0.407 e. The van der Waals surface area contributed by atoms with Crippen LogP contribution in [0.1, 0.15) is 66.0 Å². The van der Waals surface area contributed by atoms with Crippen LogP contribution in [0.2, 0.25) is 0 Å². The topological polar surface area (TPSA) is 104 Å². The number of carbonyl (C=O) groups excluding carboxylic acids is 1. The Morgan fingerprint density at radius 3 is 2.71 bits per heavy atom. The minimum atomic E-state index is -0.534. The number of ether oxygens (including phenoxy) is 3. The SMILES string of the molecule is C[C@@H]1OCC2(CCN(c3cnc4c(I)nn(C5CCCCO5)c4n3)CC2)[C@@H]1NC(=O)OC(C)(C)C. The van der Waals surface area contributed by atoms with Gasteiger partial charge in [-0.1, -0.05) is 0 Å². The second-order valence-corrected chi connectivity index (χ2v) is 12.0. The second kappa shape index (κ2) is 9.62. The number of anilines is 1. The van der Waals surface area contributed by atoms with Gasteiger partial charge in [0.25, 0.3) is 0 Å². The number of fused-ring (bicyclic) bond motifs is 1. The van der Waals surface area contributed by atoms with Gasteiger partial charge in [-0.25, -0.2) is 19.4 Å². The quantitative estimate of drug-likeness (QED) is 0.529. The van der Waals surface area contributed by atoms with E-state index in [0.717, 1.165) is 72.5 Å². The minimum absolute atomic E-state index is 0.0582. The lowest BCUT2D eigenvalue weighted by atomic mass is 9.73. The molecule has 11 heteroatoms. The number of aromatic nitrogens is 4. The van der Waals surface area contributed by atoms with Gasteiger partial charge in [-0.3, -0.25) is 0 Å². The lowest BCUT2D eigenvalue weighted by Crippen LogP contribution is -2.55. The van der Waals surface area contributed by atoms with Crippen LogP contribution in [-0.2, 0) is 14.2 Å². The summed E-state index contributed by atoms with van der Waals surface area (Å²) in [4.78, 5) is 24.5. The molecule has 10 nitrogen and oxygen atoms in total. The van der Waals surface area contributed by atoms with Crippen LogP contribution in [0.25, 0.3) is 11.2 Å². The first kappa shape index (κ1) is 24.9. The molecule has 2 aromatic heterocycles. The number of rotatable bonds is 3. The average molecular weight is 598 g/mol. The van der Waals surface area contributed by atoms with Crippen LogP contribution in [0, 0.1) is 9.12 Å². The molecule has 0 bridgehead atoms. The lowest BCUT2D eigenvalue weighted by molar-refractivity contribution is -0.0372. The van der Waals surface area contributed by atoms with E-state index in [4.69, 9.17) is 29.3 Å². The van der Waals surface area contributed by atoms with E-state index in [1.165, 1.54) is 0 Å². The number of hydrogen-bond donors (Lipinski definition) is 1. The zero-order valence-electron chi connectivity index (χ0n) is 20.9. The van der Waals surface area contributed by atoms with E-state index in [1.807, 2.05) is 38.6 Å². The van der Waals surface area contributed by atoms with Gasteiger partial charge in [-0.15, -0.1) is 0 Å². The Morgan fingerprint density at radius 1 is 1.26 bits per heavy atom. The average Bonchev–Trinajstić information content (AvgIpc) is 3.31. The molecule has 1 amide bonds. The fourth-order valence-electron chi connectivity index (χ4n) is 5.46. The highest BCUT2D eigenvalue weighted by molar-refractivity contribution is 14.1. The van der Waals surface area contributed by atoms with Crippen LogP contribution in [0.15, 0.2) is 6.20 Å². The number of hydrogen-bond acceptors (Lipinski definition) is 8. The van der Waals surface area contributed by atoms with E-state index in [2.05, 4.69) is 32.8 Å². The number of halogens is 1. The predicted octanol–water partition coefficient (Wildman–Crippen LogP) is 4.03. The van der Waals surface area contributed by atoms with Gasteiger partial charge in [0.1, 0.15) is 16.9 Å². The van der Waals surface area contributed by atoms with Crippen LogP contribution in [-0.4, -0.2) is 69.9 Å². The highest BCUT2D eigenvalue weighted by Gasteiger charge is 2.50. The van der Waals surface area contributed by atoms with Gasteiger partial charge in [0.15, 0.2) is 15.6 Å². The van der Waals surface area contributed by atoms with Crippen molar-refractivity contribution in [1.29, 1.82) is 0 Å². The second-order valence-electron chi connectivity index (χ2n) is 10.9. The fourth-order valence-corrected chi connectivity index (χ4v) is 6.07. The summed E-state index contributed by atoms with van der Waals surface area (Å²) in [5.41, 5.74) is 0.948. The molecular formula is C24H35IN6O4.